The molecular formula is C74H79BN2S. The predicted octanol–water partition coefficient (Wildman–Crippen LogP) is 19.1. The van der Waals surface area contributed by atoms with Crippen LogP contribution in [0.1, 0.15) is 206 Å². The van der Waals surface area contributed by atoms with Gasteiger partial charge in [-0.15, -0.1) is 11.3 Å². The van der Waals surface area contributed by atoms with E-state index in [4.69, 9.17) is 0 Å². The smallest absolute Gasteiger partial charge is 0.343 e. The SMILES string of the molecule is CC(C)(C)c1ccc(N2B3c4sc5ccc(C(C)(C)C)cc5c4-n4c5cc6c(cc5c5c7c(c(c3c54)-c3cc4c(cc32)C(C)(C)c2cc3c(cc2-4)C(C)(C)CCC3(C)C)-c2ccccc2C7(C)C)C(C)(C)CCC6(C)C)cc1. The fraction of sp³-hybridized carbons (Fsp3) is 0.405. The fourth-order valence-electron chi connectivity index (χ4n) is 16.6. The van der Waals surface area contributed by atoms with Gasteiger partial charge in [0.2, 0.25) is 0 Å². The molecular weight excluding hydrogens is 960 g/mol. The molecule has 4 aliphatic carbocycles. The van der Waals surface area contributed by atoms with E-state index >= 15 is 0 Å². The highest BCUT2D eigenvalue weighted by molar-refractivity contribution is 7.32. The van der Waals surface area contributed by atoms with Crippen molar-refractivity contribution in [2.24, 2.45) is 0 Å². The quantitative estimate of drug-likeness (QED) is 0.149. The van der Waals surface area contributed by atoms with Crippen molar-refractivity contribution in [1.29, 1.82) is 0 Å². The largest absolute Gasteiger partial charge is 0.376 e. The summed E-state index contributed by atoms with van der Waals surface area (Å²) in [7, 11) is 0. The molecule has 394 valence electrons. The van der Waals surface area contributed by atoms with Crippen LogP contribution in [0.4, 0.5) is 11.4 Å². The van der Waals surface area contributed by atoms with Crippen molar-refractivity contribution < 1.29 is 0 Å². The number of fused-ring (bicyclic) bond motifs is 20. The van der Waals surface area contributed by atoms with Crippen LogP contribution in [0.3, 0.4) is 0 Å². The average molecular weight is 1040 g/mol. The zero-order valence-electron chi connectivity index (χ0n) is 50.0. The number of rotatable bonds is 1. The molecule has 0 saturated carbocycles. The Kier molecular flexibility index (Phi) is 9.30. The van der Waals surface area contributed by atoms with Gasteiger partial charge in [0.15, 0.2) is 0 Å². The zero-order valence-corrected chi connectivity index (χ0v) is 50.8. The maximum atomic E-state index is 2.85. The molecule has 78 heavy (non-hydrogen) atoms. The van der Waals surface area contributed by atoms with E-state index < -0.39 is 0 Å². The van der Waals surface area contributed by atoms with Gasteiger partial charge < -0.3 is 9.38 Å². The van der Waals surface area contributed by atoms with Gasteiger partial charge in [-0.3, -0.25) is 0 Å². The van der Waals surface area contributed by atoms with Crippen molar-refractivity contribution in [3.8, 4) is 39.1 Å². The van der Waals surface area contributed by atoms with Gasteiger partial charge in [-0.1, -0.05) is 173 Å². The first-order chi connectivity index (χ1) is 36.4. The molecule has 2 nitrogen and oxygen atoms in total. The van der Waals surface area contributed by atoms with Gasteiger partial charge in [0, 0.05) is 53.4 Å². The van der Waals surface area contributed by atoms with Crippen LogP contribution >= 0.6 is 11.3 Å². The van der Waals surface area contributed by atoms with Crippen LogP contribution in [0, 0.1) is 0 Å². The van der Waals surface area contributed by atoms with Crippen molar-refractivity contribution in [3.63, 3.8) is 0 Å². The molecule has 9 aromatic rings. The molecule has 7 aromatic carbocycles. The Labute approximate surface area is 469 Å². The van der Waals surface area contributed by atoms with E-state index in [9.17, 15) is 0 Å². The lowest BCUT2D eigenvalue weighted by Gasteiger charge is -2.43. The molecule has 0 radical (unpaired) electrons. The van der Waals surface area contributed by atoms with Crippen LogP contribution in [0.2, 0.25) is 0 Å². The molecule has 0 fully saturated rings. The summed E-state index contributed by atoms with van der Waals surface area (Å²) in [6.45, 7) is 44.3. The van der Waals surface area contributed by atoms with Crippen molar-refractivity contribution in [1.82, 2.24) is 4.57 Å². The summed E-state index contributed by atoms with van der Waals surface area (Å²) in [5.41, 5.74) is 31.3. The average Bonchev–Trinajstić information content (AvgIpc) is 4.18. The van der Waals surface area contributed by atoms with Gasteiger partial charge >= 0.3 is 6.85 Å². The van der Waals surface area contributed by atoms with E-state index in [1.54, 1.807) is 5.56 Å². The minimum absolute atomic E-state index is 0.0116. The molecule has 0 unspecified atom stereocenters. The Morgan fingerprint density at radius 1 is 0.474 bits per heavy atom. The normalized spacial score (nSPS) is 19.8. The standard InChI is InChI=1S/C74H79BN2S/c1-67(2,3)40-23-26-42(27-24-40)77-57-38-51-44(45-35-52-54(37-50(45)73(51,15)16)71(11,12)31-29-69(52,7)8)34-46(57)60-59-43-21-19-20-22-49(43)74(17,18)62(59)61-47-36-53-55(72(13,14)32-30-70(53,9)10)39-56(47)76-64-48-33-41(68(4,5)6)25-28-58(48)78-66(64)75(77)63(60)65(61)76/h19-28,33-39H,29-32H2,1-18H3. The highest BCUT2D eigenvalue weighted by atomic mass is 32.1. The molecule has 0 bridgehead atoms. The molecule has 2 aromatic heterocycles. The van der Waals surface area contributed by atoms with Crippen molar-refractivity contribution in [3.05, 3.63) is 159 Å². The molecule has 0 atom stereocenters. The summed E-state index contributed by atoms with van der Waals surface area (Å²) in [5, 5.41) is 4.25. The summed E-state index contributed by atoms with van der Waals surface area (Å²) >= 11 is 2.05. The van der Waals surface area contributed by atoms with E-state index in [0.717, 1.165) is 0 Å². The summed E-state index contributed by atoms with van der Waals surface area (Å²) < 4.78 is 5.66. The first kappa shape index (κ1) is 49.2. The zero-order chi connectivity index (χ0) is 54.9. The third kappa shape index (κ3) is 6.12. The van der Waals surface area contributed by atoms with Gasteiger partial charge in [-0.05, 0) is 202 Å². The maximum Gasteiger partial charge on any atom is 0.343 e. The van der Waals surface area contributed by atoms with E-state index in [2.05, 4.69) is 237 Å². The highest BCUT2D eigenvalue weighted by Gasteiger charge is 2.53. The molecule has 4 heteroatoms. The Morgan fingerprint density at radius 2 is 1.04 bits per heavy atom. The second-order valence-electron chi connectivity index (χ2n) is 31.0. The molecule has 0 N–H and O–H groups in total. The van der Waals surface area contributed by atoms with E-state index in [-0.39, 0.29) is 50.2 Å². The maximum absolute atomic E-state index is 2.85. The molecule has 2 aliphatic heterocycles. The Hall–Kier alpha value is -5.84. The summed E-state index contributed by atoms with van der Waals surface area (Å²) in [5.74, 6) is 0. The van der Waals surface area contributed by atoms with Crippen LogP contribution in [-0.2, 0) is 43.3 Å². The molecule has 0 amide bonds. The number of thiophene rings is 1. The molecule has 0 saturated heterocycles. The topological polar surface area (TPSA) is 8.17 Å². The summed E-state index contributed by atoms with van der Waals surface area (Å²) in [6.07, 6.45) is 4.76. The van der Waals surface area contributed by atoms with E-state index in [1.807, 2.05) is 11.3 Å². The number of nitrogens with zero attached hydrogens (tertiary/aromatic N) is 2. The Bertz CT molecular complexity index is 4220. The number of hydrogen-bond acceptors (Lipinski definition) is 2. The lowest BCUT2D eigenvalue weighted by molar-refractivity contribution is 0.331. The lowest BCUT2D eigenvalue weighted by atomic mass is 9.46. The first-order valence-electron chi connectivity index (χ1n) is 29.6. The van der Waals surface area contributed by atoms with Crippen LogP contribution in [-0.4, -0.2) is 11.4 Å². The second kappa shape index (κ2) is 14.7. The Morgan fingerprint density at radius 3 is 1.68 bits per heavy atom. The minimum atomic E-state index is -0.264. The second-order valence-corrected chi connectivity index (χ2v) is 32.1. The first-order valence-corrected chi connectivity index (χ1v) is 30.4. The van der Waals surface area contributed by atoms with E-state index in [1.165, 1.54) is 168 Å². The van der Waals surface area contributed by atoms with Gasteiger partial charge in [-0.2, -0.15) is 0 Å². The predicted molar refractivity (Wildman–Crippen MR) is 338 cm³/mol. The summed E-state index contributed by atoms with van der Waals surface area (Å²) in [6, 6.07) is 43.0. The fourth-order valence-corrected chi connectivity index (χ4v) is 17.8. The third-order valence-electron chi connectivity index (χ3n) is 21.6. The lowest BCUT2D eigenvalue weighted by Crippen LogP contribution is -2.59. The van der Waals surface area contributed by atoms with Crippen LogP contribution in [0.5, 0.6) is 0 Å². The Balaban J connectivity index is 1.17. The number of benzene rings is 7. The van der Waals surface area contributed by atoms with Crippen LogP contribution in [0.25, 0.3) is 71.0 Å². The minimum Gasteiger partial charge on any atom is -0.376 e. The highest BCUT2D eigenvalue weighted by Crippen LogP contribution is 2.63. The molecule has 15 rings (SSSR count). The molecule has 4 heterocycles. The van der Waals surface area contributed by atoms with Crippen molar-refractivity contribution >= 4 is 71.7 Å². The third-order valence-corrected chi connectivity index (χ3v) is 22.8. The monoisotopic (exact) mass is 1040 g/mol. The van der Waals surface area contributed by atoms with E-state index in [0.29, 0.717) is 0 Å². The van der Waals surface area contributed by atoms with Gasteiger partial charge in [0.05, 0.1) is 16.7 Å². The molecule has 0 spiro atoms. The van der Waals surface area contributed by atoms with Crippen molar-refractivity contribution in [2.45, 2.75) is 194 Å². The summed E-state index contributed by atoms with van der Waals surface area (Å²) in [4.78, 5) is 2.84. The number of aromatic nitrogens is 1. The van der Waals surface area contributed by atoms with Gasteiger partial charge in [0.25, 0.3) is 0 Å². The van der Waals surface area contributed by atoms with Gasteiger partial charge in [-0.25, -0.2) is 0 Å². The number of anilines is 2. The van der Waals surface area contributed by atoms with Crippen LogP contribution < -0.4 is 15.1 Å². The van der Waals surface area contributed by atoms with Crippen molar-refractivity contribution in [2.75, 3.05) is 4.81 Å². The van der Waals surface area contributed by atoms with Gasteiger partial charge in [0.1, 0.15) is 0 Å². The van der Waals surface area contributed by atoms with Crippen LogP contribution in [0.15, 0.2) is 103 Å². The number of hydrogen-bond donors (Lipinski definition) is 0. The molecule has 6 aliphatic rings.